The van der Waals surface area contributed by atoms with Gasteiger partial charge in [-0.1, -0.05) is 55.7 Å². The van der Waals surface area contributed by atoms with E-state index >= 15 is 0 Å². The van der Waals surface area contributed by atoms with Gasteiger partial charge in [0.1, 0.15) is 0 Å². The molecular weight excluding hydrogens is 368 g/mol. The van der Waals surface area contributed by atoms with Crippen molar-refractivity contribution in [2.75, 3.05) is 10.8 Å². The number of benzene rings is 2. The van der Waals surface area contributed by atoms with Crippen LogP contribution in [0.4, 0.5) is 11.4 Å². The van der Waals surface area contributed by atoms with Crippen LogP contribution >= 0.6 is 10.8 Å². The lowest BCUT2D eigenvalue weighted by Gasteiger charge is -2.53. The van der Waals surface area contributed by atoms with Crippen LogP contribution in [0.3, 0.4) is 0 Å². The van der Waals surface area contributed by atoms with Crippen molar-refractivity contribution in [2.45, 2.75) is 62.7 Å². The van der Waals surface area contributed by atoms with Gasteiger partial charge < -0.3 is 5.32 Å². The van der Waals surface area contributed by atoms with E-state index in [0.29, 0.717) is 6.04 Å². The first-order valence-corrected chi connectivity index (χ1v) is 12.2. The van der Waals surface area contributed by atoms with Gasteiger partial charge in [0.2, 0.25) is 0 Å². The number of para-hydroxylation sites is 2. The molecule has 1 aliphatic carbocycles. The lowest BCUT2D eigenvalue weighted by molar-refractivity contribution is 0.369. The molecule has 0 aromatic heterocycles. The van der Waals surface area contributed by atoms with Crippen LogP contribution in [0.1, 0.15) is 50.5 Å². The number of hydrogen-bond donors (Lipinski definition) is 3. The van der Waals surface area contributed by atoms with Crippen molar-refractivity contribution in [3.8, 4) is 0 Å². The zero-order chi connectivity index (χ0) is 19.4. The Morgan fingerprint density at radius 1 is 0.929 bits per heavy atom. The third kappa shape index (κ3) is 4.23. The van der Waals surface area contributed by atoms with E-state index in [4.69, 9.17) is 0 Å². The lowest BCUT2D eigenvalue weighted by atomic mass is 9.95. The molecule has 0 bridgehead atoms. The Kier molecular flexibility index (Phi) is 6.26. The molecule has 1 atom stereocenters. The van der Waals surface area contributed by atoms with Gasteiger partial charge in [0.15, 0.2) is 0 Å². The average Bonchev–Trinajstić information content (AvgIpc) is 2.72. The van der Waals surface area contributed by atoms with Crippen molar-refractivity contribution in [3.05, 3.63) is 60.2 Å². The van der Waals surface area contributed by atoms with Gasteiger partial charge >= 0.3 is 0 Å². The first-order valence-electron chi connectivity index (χ1n) is 10.6. The van der Waals surface area contributed by atoms with E-state index in [0.717, 1.165) is 37.2 Å². The van der Waals surface area contributed by atoms with Gasteiger partial charge in [0.05, 0.1) is 16.6 Å². The maximum absolute atomic E-state index is 11.3. The maximum atomic E-state index is 11.3. The molecule has 0 amide bonds. The van der Waals surface area contributed by atoms with E-state index in [1.54, 1.807) is 4.31 Å². The van der Waals surface area contributed by atoms with Crippen molar-refractivity contribution in [1.29, 1.82) is 0 Å². The summed E-state index contributed by atoms with van der Waals surface area (Å²) in [4.78, 5) is 0. The SMILES string of the molecule is OS1(O)C(CCCNC2CCCCC2)Cc2ccccc2N1c1ccccc1. The van der Waals surface area contributed by atoms with Gasteiger partial charge in [-0.25, -0.2) is 4.31 Å². The summed E-state index contributed by atoms with van der Waals surface area (Å²) in [6.07, 6.45) is 9.14. The summed E-state index contributed by atoms with van der Waals surface area (Å²) in [6, 6.07) is 18.6. The number of hydrogen-bond acceptors (Lipinski definition) is 4. The molecule has 152 valence electrons. The number of nitrogens with one attached hydrogen (secondary N) is 1. The Morgan fingerprint density at radius 2 is 1.64 bits per heavy atom. The highest BCUT2D eigenvalue weighted by molar-refractivity contribution is 8.26. The Morgan fingerprint density at radius 3 is 2.43 bits per heavy atom. The highest BCUT2D eigenvalue weighted by atomic mass is 32.3. The van der Waals surface area contributed by atoms with E-state index in [9.17, 15) is 9.11 Å². The third-order valence-corrected chi connectivity index (χ3v) is 8.35. The van der Waals surface area contributed by atoms with Gasteiger partial charge in [-0.2, -0.15) is 0 Å². The fourth-order valence-corrected chi connectivity index (χ4v) is 6.68. The summed E-state index contributed by atoms with van der Waals surface area (Å²) < 4.78 is 24.4. The summed E-state index contributed by atoms with van der Waals surface area (Å²) in [5.41, 5.74) is 2.97. The predicted molar refractivity (Wildman–Crippen MR) is 119 cm³/mol. The Bertz CT molecular complexity index is 762. The van der Waals surface area contributed by atoms with E-state index in [1.807, 2.05) is 48.5 Å². The van der Waals surface area contributed by atoms with E-state index in [1.165, 1.54) is 37.7 Å². The molecule has 0 spiro atoms. The monoisotopic (exact) mass is 400 g/mol. The van der Waals surface area contributed by atoms with Gasteiger partial charge in [-0.05, 0) is 62.4 Å². The van der Waals surface area contributed by atoms with E-state index in [-0.39, 0.29) is 5.25 Å². The highest BCUT2D eigenvalue weighted by Crippen LogP contribution is 2.60. The first-order chi connectivity index (χ1) is 13.7. The summed E-state index contributed by atoms with van der Waals surface area (Å²) in [5.74, 6) is 0. The molecule has 1 aliphatic heterocycles. The summed E-state index contributed by atoms with van der Waals surface area (Å²) in [6.45, 7) is 0.962. The van der Waals surface area contributed by atoms with Crippen molar-refractivity contribution < 1.29 is 9.11 Å². The smallest absolute Gasteiger partial charge is 0.0733 e. The Balaban J connectivity index is 1.47. The third-order valence-electron chi connectivity index (χ3n) is 6.11. The molecule has 1 unspecified atom stereocenters. The van der Waals surface area contributed by atoms with Crippen LogP contribution in [-0.2, 0) is 6.42 Å². The molecule has 2 aromatic carbocycles. The zero-order valence-corrected chi connectivity index (χ0v) is 17.3. The van der Waals surface area contributed by atoms with Crippen LogP contribution < -0.4 is 9.62 Å². The number of rotatable bonds is 6. The standard InChI is InChI=1S/C23H32N2O2S/c26-28(27)22(15-9-17-24-20-11-3-1-4-12-20)18-19-10-7-8-16-23(19)25(28)21-13-5-2-6-14-21/h2,5-8,10,13-14,16,20,22,24,26-27H,1,3-4,9,11-12,15,17-18H2. The quantitative estimate of drug-likeness (QED) is 0.512. The fourth-order valence-electron chi connectivity index (χ4n) is 4.59. The molecular formula is C23H32N2O2S. The van der Waals surface area contributed by atoms with Crippen molar-refractivity contribution in [1.82, 2.24) is 5.32 Å². The predicted octanol–water partition coefficient (Wildman–Crippen LogP) is 6.12. The molecule has 28 heavy (non-hydrogen) atoms. The van der Waals surface area contributed by atoms with Gasteiger partial charge in [0, 0.05) is 6.04 Å². The maximum Gasteiger partial charge on any atom is 0.0733 e. The minimum Gasteiger partial charge on any atom is -0.314 e. The summed E-state index contributed by atoms with van der Waals surface area (Å²) >= 11 is 0. The number of fused-ring (bicyclic) bond motifs is 1. The zero-order valence-electron chi connectivity index (χ0n) is 16.5. The average molecular weight is 401 g/mol. The van der Waals surface area contributed by atoms with Crippen molar-refractivity contribution in [2.24, 2.45) is 0 Å². The van der Waals surface area contributed by atoms with Crippen LogP contribution in [0, 0.1) is 0 Å². The normalized spacial score (nSPS) is 23.2. The van der Waals surface area contributed by atoms with Crippen LogP contribution in [-0.4, -0.2) is 26.9 Å². The molecule has 1 fully saturated rings. The lowest BCUT2D eigenvalue weighted by Crippen LogP contribution is -2.38. The van der Waals surface area contributed by atoms with Gasteiger partial charge in [-0.15, -0.1) is 10.8 Å². The van der Waals surface area contributed by atoms with E-state index < -0.39 is 10.8 Å². The van der Waals surface area contributed by atoms with Crippen LogP contribution in [0.5, 0.6) is 0 Å². The minimum atomic E-state index is -2.93. The molecule has 4 rings (SSSR count). The van der Waals surface area contributed by atoms with E-state index in [2.05, 4.69) is 11.4 Å². The second-order valence-corrected chi connectivity index (χ2v) is 10.2. The fraction of sp³-hybridized carbons (Fsp3) is 0.478. The Labute approximate surface area is 170 Å². The molecule has 0 saturated heterocycles. The van der Waals surface area contributed by atoms with Crippen LogP contribution in [0.25, 0.3) is 0 Å². The van der Waals surface area contributed by atoms with Crippen molar-refractivity contribution in [3.63, 3.8) is 0 Å². The number of anilines is 2. The molecule has 5 heteroatoms. The minimum absolute atomic E-state index is 0.143. The van der Waals surface area contributed by atoms with Crippen molar-refractivity contribution >= 4 is 22.2 Å². The second kappa shape index (κ2) is 8.87. The molecule has 2 aromatic rings. The summed E-state index contributed by atoms with van der Waals surface area (Å²) in [7, 11) is -2.93. The van der Waals surface area contributed by atoms with Gasteiger partial charge in [0.25, 0.3) is 0 Å². The highest BCUT2D eigenvalue weighted by Gasteiger charge is 2.39. The molecule has 1 heterocycles. The molecule has 2 aliphatic rings. The first kappa shape index (κ1) is 19.8. The molecule has 0 radical (unpaired) electrons. The van der Waals surface area contributed by atoms with Gasteiger partial charge in [-0.3, -0.25) is 9.11 Å². The van der Waals surface area contributed by atoms with Crippen LogP contribution in [0.2, 0.25) is 0 Å². The topological polar surface area (TPSA) is 55.7 Å². The second-order valence-electron chi connectivity index (χ2n) is 8.08. The largest absolute Gasteiger partial charge is 0.314 e. The molecule has 3 N–H and O–H groups in total. The Hall–Kier alpha value is -1.53. The molecule has 4 nitrogen and oxygen atoms in total. The number of nitrogens with zero attached hydrogens (tertiary/aromatic N) is 1. The van der Waals surface area contributed by atoms with Crippen LogP contribution in [0.15, 0.2) is 54.6 Å². The molecule has 1 saturated carbocycles. The summed E-state index contributed by atoms with van der Waals surface area (Å²) in [5, 5.41) is 3.54.